The highest BCUT2D eigenvalue weighted by molar-refractivity contribution is 6.05. The van der Waals surface area contributed by atoms with Crippen LogP contribution in [0.2, 0.25) is 0 Å². The zero-order valence-corrected chi connectivity index (χ0v) is 18.2. The van der Waals surface area contributed by atoms with Crippen LogP contribution in [0.5, 0.6) is 0 Å². The molecule has 6 rings (SSSR count). The summed E-state index contributed by atoms with van der Waals surface area (Å²) in [5, 5.41) is 2.60. The normalized spacial score (nSPS) is 14.7. The number of hydrogen-bond donors (Lipinski definition) is 1. The molecule has 2 aromatic carbocycles. The zero-order chi connectivity index (χ0) is 20.9. The number of piperidine rings is 1. The van der Waals surface area contributed by atoms with Gasteiger partial charge in [-0.1, -0.05) is 24.3 Å². The Morgan fingerprint density at radius 3 is 2.06 bits per heavy atom. The summed E-state index contributed by atoms with van der Waals surface area (Å²) in [6, 6.07) is 15.6. The fraction of sp³-hybridized carbons (Fsp3) is 0.259. The van der Waals surface area contributed by atoms with Crippen molar-refractivity contribution >= 4 is 27.5 Å². The molecule has 31 heavy (non-hydrogen) atoms. The van der Waals surface area contributed by atoms with Crippen LogP contribution in [-0.2, 0) is 14.1 Å². The van der Waals surface area contributed by atoms with Gasteiger partial charge >= 0.3 is 0 Å². The summed E-state index contributed by atoms with van der Waals surface area (Å²) in [6.45, 7) is 2.34. The minimum absolute atomic E-state index is 1.17. The maximum atomic E-state index is 3.38. The molecule has 0 radical (unpaired) electrons. The van der Waals surface area contributed by atoms with Crippen LogP contribution in [0, 0.1) is 0 Å². The lowest BCUT2D eigenvalue weighted by Crippen LogP contribution is -2.29. The number of rotatable bonds is 3. The smallest absolute Gasteiger partial charge is 0.0504 e. The van der Waals surface area contributed by atoms with Gasteiger partial charge in [0.25, 0.3) is 0 Å². The van der Waals surface area contributed by atoms with Gasteiger partial charge in [0, 0.05) is 96.2 Å². The van der Waals surface area contributed by atoms with E-state index in [1.165, 1.54) is 82.1 Å². The Morgan fingerprint density at radius 2 is 1.32 bits per heavy atom. The number of hydrogen-bond acceptors (Lipinski definition) is 1. The van der Waals surface area contributed by atoms with Gasteiger partial charge in [0.05, 0.1) is 5.52 Å². The first-order valence-electron chi connectivity index (χ1n) is 11.3. The van der Waals surface area contributed by atoms with Crippen molar-refractivity contribution < 1.29 is 0 Å². The van der Waals surface area contributed by atoms with E-state index in [1.807, 2.05) is 0 Å². The van der Waals surface area contributed by atoms with E-state index in [2.05, 4.69) is 100 Å². The number of nitrogens with one attached hydrogen (secondary N) is 1. The number of benzene rings is 2. The second-order valence-corrected chi connectivity index (χ2v) is 8.86. The second kappa shape index (κ2) is 7.09. The molecule has 0 atom stereocenters. The monoisotopic (exact) mass is 408 g/mol. The lowest BCUT2D eigenvalue weighted by atomic mass is 9.98. The van der Waals surface area contributed by atoms with E-state index in [4.69, 9.17) is 0 Å². The SMILES string of the molecule is Cn1cc(-c2c[nH]cc2-c2cn(C)c3cc(N4CCCCC4)ccc23)c2ccccc21. The molecule has 1 fully saturated rings. The molecule has 3 aromatic heterocycles. The van der Waals surface area contributed by atoms with Gasteiger partial charge in [-0.05, 0) is 37.5 Å². The van der Waals surface area contributed by atoms with E-state index in [-0.39, 0.29) is 0 Å². The van der Waals surface area contributed by atoms with Gasteiger partial charge in [0.15, 0.2) is 0 Å². The predicted molar refractivity (Wildman–Crippen MR) is 131 cm³/mol. The summed E-state index contributed by atoms with van der Waals surface area (Å²) in [4.78, 5) is 5.91. The number of anilines is 1. The lowest BCUT2D eigenvalue weighted by Gasteiger charge is -2.28. The van der Waals surface area contributed by atoms with Crippen molar-refractivity contribution in [1.82, 2.24) is 14.1 Å². The fourth-order valence-electron chi connectivity index (χ4n) is 5.30. The number of para-hydroxylation sites is 1. The highest BCUT2D eigenvalue weighted by Gasteiger charge is 2.18. The largest absolute Gasteiger partial charge is 0.371 e. The van der Waals surface area contributed by atoms with E-state index in [0.29, 0.717) is 0 Å². The molecule has 0 spiro atoms. The van der Waals surface area contributed by atoms with Crippen molar-refractivity contribution in [2.45, 2.75) is 19.3 Å². The molecular weight excluding hydrogens is 380 g/mol. The minimum Gasteiger partial charge on any atom is -0.371 e. The summed E-state index contributed by atoms with van der Waals surface area (Å²) >= 11 is 0. The molecule has 0 amide bonds. The van der Waals surface area contributed by atoms with Gasteiger partial charge in [-0.3, -0.25) is 0 Å². The van der Waals surface area contributed by atoms with Gasteiger partial charge in [0.1, 0.15) is 0 Å². The van der Waals surface area contributed by atoms with Gasteiger partial charge in [0.2, 0.25) is 0 Å². The molecule has 4 nitrogen and oxygen atoms in total. The van der Waals surface area contributed by atoms with Crippen LogP contribution in [-0.4, -0.2) is 27.2 Å². The van der Waals surface area contributed by atoms with E-state index >= 15 is 0 Å². The van der Waals surface area contributed by atoms with Crippen LogP contribution >= 0.6 is 0 Å². The number of H-pyrrole nitrogens is 1. The molecule has 1 saturated heterocycles. The van der Waals surface area contributed by atoms with Crippen LogP contribution in [0.1, 0.15) is 19.3 Å². The van der Waals surface area contributed by atoms with Gasteiger partial charge in [-0.15, -0.1) is 0 Å². The van der Waals surface area contributed by atoms with E-state index in [0.717, 1.165) is 0 Å². The Bertz CT molecular complexity index is 1390. The van der Waals surface area contributed by atoms with Crippen LogP contribution in [0.15, 0.2) is 67.3 Å². The molecule has 0 unspecified atom stereocenters. The fourth-order valence-corrected chi connectivity index (χ4v) is 5.30. The molecule has 1 aliphatic heterocycles. The highest BCUT2D eigenvalue weighted by Crippen LogP contribution is 2.40. The van der Waals surface area contributed by atoms with E-state index < -0.39 is 0 Å². The van der Waals surface area contributed by atoms with Crippen molar-refractivity contribution in [2.75, 3.05) is 18.0 Å². The van der Waals surface area contributed by atoms with Crippen molar-refractivity contribution in [3.63, 3.8) is 0 Å². The van der Waals surface area contributed by atoms with Crippen molar-refractivity contribution in [3.05, 3.63) is 67.3 Å². The molecule has 4 heterocycles. The summed E-state index contributed by atoms with van der Waals surface area (Å²) in [7, 11) is 4.29. The topological polar surface area (TPSA) is 28.9 Å². The molecule has 0 saturated carbocycles. The Labute approximate surface area is 182 Å². The Kier molecular flexibility index (Phi) is 4.20. The molecular formula is C27H28N4. The van der Waals surface area contributed by atoms with E-state index in [1.54, 1.807) is 0 Å². The first kappa shape index (κ1) is 18.4. The Morgan fingerprint density at radius 1 is 0.677 bits per heavy atom. The van der Waals surface area contributed by atoms with E-state index in [9.17, 15) is 0 Å². The van der Waals surface area contributed by atoms with Gasteiger partial charge in [-0.2, -0.15) is 0 Å². The number of aromatic amines is 1. The zero-order valence-electron chi connectivity index (χ0n) is 18.2. The third-order valence-corrected chi connectivity index (χ3v) is 6.92. The maximum absolute atomic E-state index is 3.38. The molecule has 156 valence electrons. The predicted octanol–water partition coefficient (Wildman–Crippen LogP) is 6.32. The molecule has 0 bridgehead atoms. The molecule has 1 aliphatic rings. The molecule has 5 aromatic rings. The average molecular weight is 409 g/mol. The van der Waals surface area contributed by atoms with Crippen molar-refractivity contribution in [2.24, 2.45) is 14.1 Å². The standard InChI is InChI=1S/C27H28N4/c1-29-17-24(20-8-4-5-9-26(20)29)22-15-28-16-23(22)25-18-30(2)27-14-19(10-11-21(25)27)31-12-6-3-7-13-31/h4-5,8-11,14-18,28H,3,6-7,12-13H2,1-2H3. The quantitative estimate of drug-likeness (QED) is 0.372. The minimum atomic E-state index is 1.17. The molecule has 1 N–H and O–H groups in total. The Balaban J connectivity index is 1.49. The summed E-state index contributed by atoms with van der Waals surface area (Å²) in [6.07, 6.45) is 12.8. The van der Waals surface area contributed by atoms with Crippen LogP contribution in [0.4, 0.5) is 5.69 Å². The van der Waals surface area contributed by atoms with Crippen LogP contribution in [0.3, 0.4) is 0 Å². The van der Waals surface area contributed by atoms with Gasteiger partial charge in [-0.25, -0.2) is 0 Å². The number of aromatic nitrogens is 3. The van der Waals surface area contributed by atoms with Crippen molar-refractivity contribution in [3.8, 4) is 22.3 Å². The van der Waals surface area contributed by atoms with Crippen LogP contribution in [0.25, 0.3) is 44.1 Å². The molecule has 4 heteroatoms. The summed E-state index contributed by atoms with van der Waals surface area (Å²) < 4.78 is 4.49. The number of aryl methyl sites for hydroxylation is 2. The number of nitrogens with zero attached hydrogens (tertiary/aromatic N) is 3. The maximum Gasteiger partial charge on any atom is 0.0504 e. The lowest BCUT2D eigenvalue weighted by molar-refractivity contribution is 0.578. The second-order valence-electron chi connectivity index (χ2n) is 8.86. The van der Waals surface area contributed by atoms with Crippen LogP contribution < -0.4 is 4.90 Å². The third-order valence-electron chi connectivity index (χ3n) is 6.92. The average Bonchev–Trinajstić information content (AvgIpc) is 3.50. The summed E-state index contributed by atoms with van der Waals surface area (Å²) in [5.41, 5.74) is 8.97. The Hall–Kier alpha value is -3.40. The highest BCUT2D eigenvalue weighted by atomic mass is 15.1. The first-order valence-corrected chi connectivity index (χ1v) is 11.3. The molecule has 0 aliphatic carbocycles. The summed E-state index contributed by atoms with van der Waals surface area (Å²) in [5.74, 6) is 0. The third kappa shape index (κ3) is 2.89. The first-order chi connectivity index (χ1) is 15.2. The van der Waals surface area contributed by atoms with Crippen molar-refractivity contribution in [1.29, 1.82) is 0 Å². The van der Waals surface area contributed by atoms with Gasteiger partial charge < -0.3 is 19.0 Å². The number of fused-ring (bicyclic) bond motifs is 2.